The molecule has 0 fully saturated rings. The summed E-state index contributed by atoms with van der Waals surface area (Å²) in [5, 5.41) is 3.13. The van der Waals surface area contributed by atoms with Crippen molar-refractivity contribution in [2.45, 2.75) is 12.7 Å². The number of hydrogen-bond donors (Lipinski definition) is 1. The minimum Gasteiger partial charge on any atom is -0.497 e. The van der Waals surface area contributed by atoms with Crippen molar-refractivity contribution in [2.75, 3.05) is 12.4 Å². The zero-order valence-electron chi connectivity index (χ0n) is 11.2. The number of halogens is 4. The summed E-state index contributed by atoms with van der Waals surface area (Å²) in [6.45, 7) is 0.533. The van der Waals surface area contributed by atoms with Crippen LogP contribution in [0.3, 0.4) is 0 Å². The molecule has 112 valence electrons. The summed E-state index contributed by atoms with van der Waals surface area (Å²) in [5.74, 6) is 0.767. The van der Waals surface area contributed by atoms with Crippen LogP contribution in [0.2, 0.25) is 0 Å². The van der Waals surface area contributed by atoms with Crippen molar-refractivity contribution in [2.24, 2.45) is 0 Å². The second-order valence-electron chi connectivity index (χ2n) is 4.39. The van der Waals surface area contributed by atoms with Crippen molar-refractivity contribution in [3.63, 3.8) is 0 Å². The van der Waals surface area contributed by atoms with Gasteiger partial charge in [0.05, 0.1) is 12.7 Å². The fraction of sp³-hybridized carbons (Fsp3) is 0.200. The lowest BCUT2D eigenvalue weighted by Gasteiger charge is -2.12. The second-order valence-corrected chi connectivity index (χ2v) is 5.56. The maximum Gasteiger partial charge on any atom is 0.416 e. The molecule has 0 spiro atoms. The highest BCUT2D eigenvalue weighted by molar-refractivity contribution is 14.1. The third-order valence-electron chi connectivity index (χ3n) is 2.94. The number of alkyl halides is 3. The molecule has 2 rings (SSSR count). The van der Waals surface area contributed by atoms with Crippen LogP contribution in [-0.4, -0.2) is 7.11 Å². The molecule has 1 N–H and O–H groups in total. The first-order valence-electron chi connectivity index (χ1n) is 6.13. The molecule has 0 aliphatic rings. The Bertz CT molecular complexity index is 611. The molecule has 0 aliphatic carbocycles. The number of anilines is 1. The Morgan fingerprint density at radius 3 is 2.29 bits per heavy atom. The van der Waals surface area contributed by atoms with Crippen LogP contribution in [0.15, 0.2) is 42.5 Å². The second kappa shape index (κ2) is 6.55. The van der Waals surface area contributed by atoms with E-state index in [1.54, 1.807) is 7.11 Å². The minimum atomic E-state index is -4.31. The van der Waals surface area contributed by atoms with Gasteiger partial charge >= 0.3 is 6.18 Å². The van der Waals surface area contributed by atoms with Crippen molar-refractivity contribution in [1.29, 1.82) is 0 Å². The largest absolute Gasteiger partial charge is 0.497 e. The van der Waals surface area contributed by atoms with Crippen LogP contribution in [0.4, 0.5) is 18.9 Å². The van der Waals surface area contributed by atoms with Gasteiger partial charge in [-0.1, -0.05) is 12.1 Å². The van der Waals surface area contributed by atoms with Crippen LogP contribution in [0.1, 0.15) is 11.1 Å². The van der Waals surface area contributed by atoms with E-state index in [1.807, 2.05) is 46.9 Å². The monoisotopic (exact) mass is 407 g/mol. The van der Waals surface area contributed by atoms with Crippen molar-refractivity contribution in [1.82, 2.24) is 0 Å². The smallest absolute Gasteiger partial charge is 0.416 e. The Morgan fingerprint density at radius 2 is 1.76 bits per heavy atom. The Labute approximate surface area is 134 Å². The molecule has 0 atom stereocenters. The van der Waals surface area contributed by atoms with Crippen molar-refractivity contribution in [3.05, 3.63) is 57.2 Å². The summed E-state index contributed by atoms with van der Waals surface area (Å²) >= 11 is 1.90. The highest BCUT2D eigenvalue weighted by Gasteiger charge is 2.30. The maximum absolute atomic E-state index is 12.6. The number of rotatable bonds is 4. The van der Waals surface area contributed by atoms with Gasteiger partial charge in [-0.2, -0.15) is 13.2 Å². The predicted octanol–water partition coefficient (Wildman–Crippen LogP) is 4.93. The molecule has 2 aromatic carbocycles. The van der Waals surface area contributed by atoms with E-state index in [4.69, 9.17) is 4.74 Å². The number of hydrogen-bond acceptors (Lipinski definition) is 2. The van der Waals surface area contributed by atoms with Crippen LogP contribution in [-0.2, 0) is 12.7 Å². The van der Waals surface area contributed by atoms with Crippen LogP contribution in [0.25, 0.3) is 0 Å². The van der Waals surface area contributed by atoms with Crippen molar-refractivity contribution < 1.29 is 17.9 Å². The fourth-order valence-electron chi connectivity index (χ4n) is 1.78. The minimum absolute atomic E-state index is 0.533. The van der Waals surface area contributed by atoms with E-state index in [0.29, 0.717) is 15.8 Å². The zero-order chi connectivity index (χ0) is 15.5. The van der Waals surface area contributed by atoms with E-state index < -0.39 is 11.7 Å². The SMILES string of the molecule is COc1ccc(CNc2ccc(C(F)(F)F)cc2I)cc1. The van der Waals surface area contributed by atoms with Gasteiger partial charge in [-0.25, -0.2) is 0 Å². The Hall–Kier alpha value is -1.44. The van der Waals surface area contributed by atoms with Crippen LogP contribution in [0.5, 0.6) is 5.75 Å². The molecule has 2 aromatic rings. The molecule has 0 aromatic heterocycles. The van der Waals surface area contributed by atoms with Gasteiger partial charge in [0.2, 0.25) is 0 Å². The predicted molar refractivity (Wildman–Crippen MR) is 84.5 cm³/mol. The first-order chi connectivity index (χ1) is 9.90. The molecule has 0 heterocycles. The highest BCUT2D eigenvalue weighted by Crippen LogP contribution is 2.32. The lowest BCUT2D eigenvalue weighted by molar-refractivity contribution is -0.137. The van der Waals surface area contributed by atoms with Crippen LogP contribution in [0, 0.1) is 3.57 Å². The molecule has 0 amide bonds. The van der Waals surface area contributed by atoms with Gasteiger partial charge < -0.3 is 10.1 Å². The van der Waals surface area contributed by atoms with Gasteiger partial charge in [0.25, 0.3) is 0 Å². The van der Waals surface area contributed by atoms with E-state index in [-0.39, 0.29) is 0 Å². The summed E-state index contributed by atoms with van der Waals surface area (Å²) in [5.41, 5.74) is 1.06. The number of benzene rings is 2. The molecular weight excluding hydrogens is 394 g/mol. The molecule has 0 aliphatic heterocycles. The fourth-order valence-corrected chi connectivity index (χ4v) is 2.48. The number of nitrogens with one attached hydrogen (secondary N) is 1. The third-order valence-corrected chi connectivity index (χ3v) is 3.83. The van der Waals surface area contributed by atoms with Gasteiger partial charge in [-0.15, -0.1) is 0 Å². The van der Waals surface area contributed by atoms with E-state index in [9.17, 15) is 13.2 Å². The summed E-state index contributed by atoms with van der Waals surface area (Å²) < 4.78 is 43.4. The molecule has 0 unspecified atom stereocenters. The highest BCUT2D eigenvalue weighted by atomic mass is 127. The third kappa shape index (κ3) is 4.26. The van der Waals surface area contributed by atoms with Crippen LogP contribution < -0.4 is 10.1 Å². The first kappa shape index (κ1) is 15.9. The van der Waals surface area contributed by atoms with Gasteiger partial charge in [0, 0.05) is 15.8 Å². The lowest BCUT2D eigenvalue weighted by Crippen LogP contribution is -2.07. The molecule has 0 radical (unpaired) electrons. The van der Waals surface area contributed by atoms with Gasteiger partial charge in [0.1, 0.15) is 5.75 Å². The maximum atomic E-state index is 12.6. The summed E-state index contributed by atoms with van der Waals surface area (Å²) in [6.07, 6.45) is -4.31. The molecule has 21 heavy (non-hydrogen) atoms. The van der Waals surface area contributed by atoms with E-state index in [1.165, 1.54) is 6.07 Å². The quantitative estimate of drug-likeness (QED) is 0.726. The normalized spacial score (nSPS) is 11.3. The van der Waals surface area contributed by atoms with E-state index in [0.717, 1.165) is 23.4 Å². The van der Waals surface area contributed by atoms with E-state index >= 15 is 0 Å². The molecule has 0 saturated carbocycles. The Balaban J connectivity index is 2.06. The number of ether oxygens (including phenoxy) is 1. The van der Waals surface area contributed by atoms with Gasteiger partial charge in [0.15, 0.2) is 0 Å². The van der Waals surface area contributed by atoms with Gasteiger partial charge in [-0.3, -0.25) is 0 Å². The standard InChI is InChI=1S/C15H13F3INO/c1-21-12-5-2-10(3-6-12)9-20-14-7-4-11(8-13(14)19)15(16,17)18/h2-8,20H,9H2,1H3. The average molecular weight is 407 g/mol. The van der Waals surface area contributed by atoms with Gasteiger partial charge in [-0.05, 0) is 58.5 Å². The molecule has 0 bridgehead atoms. The molecule has 6 heteroatoms. The van der Waals surface area contributed by atoms with E-state index in [2.05, 4.69) is 5.32 Å². The zero-order valence-corrected chi connectivity index (χ0v) is 13.3. The lowest BCUT2D eigenvalue weighted by atomic mass is 10.2. The topological polar surface area (TPSA) is 21.3 Å². The Kier molecular flexibility index (Phi) is 4.97. The first-order valence-corrected chi connectivity index (χ1v) is 7.21. The van der Waals surface area contributed by atoms with Crippen LogP contribution >= 0.6 is 22.6 Å². The molecule has 0 saturated heterocycles. The summed E-state index contributed by atoms with van der Waals surface area (Å²) in [7, 11) is 1.60. The average Bonchev–Trinajstić information content (AvgIpc) is 2.45. The summed E-state index contributed by atoms with van der Waals surface area (Å²) in [4.78, 5) is 0. The number of methoxy groups -OCH3 is 1. The Morgan fingerprint density at radius 1 is 1.10 bits per heavy atom. The van der Waals surface area contributed by atoms with Crippen molar-refractivity contribution >= 4 is 28.3 Å². The summed E-state index contributed by atoms with van der Waals surface area (Å²) in [6, 6.07) is 11.2. The molecular formula is C15H13F3INO. The van der Waals surface area contributed by atoms with Crippen molar-refractivity contribution in [3.8, 4) is 5.75 Å². The molecule has 2 nitrogen and oxygen atoms in total.